The Labute approximate surface area is 212 Å². The van der Waals surface area contributed by atoms with E-state index in [2.05, 4.69) is 15.3 Å². The van der Waals surface area contributed by atoms with Gasteiger partial charge in [0.25, 0.3) is 0 Å². The maximum atomic E-state index is 12.8. The van der Waals surface area contributed by atoms with Crippen molar-refractivity contribution in [3.8, 4) is 28.2 Å². The van der Waals surface area contributed by atoms with Crippen LogP contribution in [0, 0.1) is 0 Å². The Kier molecular flexibility index (Phi) is 7.20. The van der Waals surface area contributed by atoms with E-state index < -0.39 is 23.6 Å². The molecule has 166 valence electrons. The molecule has 0 spiro atoms. The number of carbonyl (C=O) groups excluding carboxylic acids is 2. The first-order chi connectivity index (χ1) is 15.6. The van der Waals surface area contributed by atoms with Crippen molar-refractivity contribution in [3.05, 3.63) is 83.7 Å². The first kappa shape index (κ1) is 25.1. The summed E-state index contributed by atoms with van der Waals surface area (Å²) in [5.74, 6) is -2.09. The number of halogens is 3. The fraction of sp³-hybridized carbons (Fsp3) is 0.0455. The molecule has 0 aliphatic heterocycles. The van der Waals surface area contributed by atoms with Crippen molar-refractivity contribution in [2.45, 2.75) is 6.18 Å². The minimum atomic E-state index is -4.46. The maximum absolute atomic E-state index is 12.8. The summed E-state index contributed by atoms with van der Waals surface area (Å²) in [6.07, 6.45) is -1.74. The molecule has 0 aliphatic rings. The van der Waals surface area contributed by atoms with Crippen LogP contribution in [0.5, 0.6) is 0 Å². The van der Waals surface area contributed by atoms with Gasteiger partial charge in [-0.1, -0.05) is 17.3 Å². The number of carbonyl (C=O) groups is 2. The number of benzene rings is 2. The third-order valence-electron chi connectivity index (χ3n) is 4.76. The Morgan fingerprint density at radius 1 is 0.912 bits per heavy atom. The van der Waals surface area contributed by atoms with E-state index in [0.717, 1.165) is 12.1 Å². The topological polar surface area (TPSA) is 127 Å². The fourth-order valence-corrected chi connectivity index (χ4v) is 3.07. The van der Waals surface area contributed by atoms with Gasteiger partial charge < -0.3 is 15.6 Å². The van der Waals surface area contributed by atoms with Crippen molar-refractivity contribution in [1.82, 2.24) is 20.0 Å². The van der Waals surface area contributed by atoms with Crippen molar-refractivity contribution in [2.24, 2.45) is 5.73 Å². The van der Waals surface area contributed by atoms with Crippen LogP contribution in [-0.4, -0.2) is 31.9 Å². The molecule has 0 saturated carbocycles. The Balaban J connectivity index is 0.00000324. The van der Waals surface area contributed by atoms with Crippen LogP contribution in [0.1, 0.15) is 26.3 Å². The Hall–Kier alpha value is -3.54. The molecule has 4 aromatic rings. The zero-order chi connectivity index (χ0) is 23.8. The Morgan fingerprint density at radius 2 is 1.62 bits per heavy atom. The molecule has 0 unspecified atom stereocenters. The van der Waals surface area contributed by atoms with Crippen molar-refractivity contribution < 1.29 is 57.4 Å². The number of pyridine rings is 1. The van der Waals surface area contributed by atoms with Crippen molar-refractivity contribution >= 4 is 11.9 Å². The molecule has 34 heavy (non-hydrogen) atoms. The second-order valence-electron chi connectivity index (χ2n) is 6.98. The minimum Gasteiger partial charge on any atom is -0.545 e. The number of rotatable bonds is 5. The average Bonchev–Trinajstić information content (AvgIpc) is 3.29. The number of carboxylic acid groups (broad SMARTS) is 1. The van der Waals surface area contributed by atoms with Crippen LogP contribution in [0.3, 0.4) is 0 Å². The molecule has 0 bridgehead atoms. The number of nitrogens with two attached hydrogens (primary N) is 1. The van der Waals surface area contributed by atoms with Crippen LogP contribution < -0.4 is 40.4 Å². The summed E-state index contributed by atoms with van der Waals surface area (Å²) in [7, 11) is 0. The van der Waals surface area contributed by atoms with E-state index in [9.17, 15) is 27.9 Å². The molecule has 4 rings (SSSR count). The first-order valence-corrected chi connectivity index (χ1v) is 9.35. The Bertz CT molecular complexity index is 1350. The molecule has 2 aromatic heterocycles. The van der Waals surface area contributed by atoms with Gasteiger partial charge in [-0.25, -0.2) is 4.68 Å². The number of alkyl halides is 3. The van der Waals surface area contributed by atoms with Crippen LogP contribution in [0.15, 0.2) is 67.0 Å². The van der Waals surface area contributed by atoms with Gasteiger partial charge in [0.15, 0.2) is 0 Å². The number of aromatic carboxylic acids is 1. The van der Waals surface area contributed by atoms with Gasteiger partial charge in [0.05, 0.1) is 34.7 Å². The van der Waals surface area contributed by atoms with E-state index in [-0.39, 0.29) is 46.4 Å². The van der Waals surface area contributed by atoms with Crippen LogP contribution in [-0.2, 0) is 6.18 Å². The molecule has 0 fully saturated rings. The summed E-state index contributed by atoms with van der Waals surface area (Å²) in [6.45, 7) is 0. The van der Waals surface area contributed by atoms with E-state index in [0.29, 0.717) is 22.5 Å². The number of amides is 1. The molecular weight excluding hydrogens is 462 g/mol. The van der Waals surface area contributed by atoms with Gasteiger partial charge in [-0.3, -0.25) is 9.78 Å². The van der Waals surface area contributed by atoms with Gasteiger partial charge in [-0.15, -0.1) is 5.10 Å². The molecule has 0 atom stereocenters. The standard InChI is InChI=1S/C22H14F3N5O3.Na/c23-22(24,25)16-4-1-12(2-5-16)19-11-30(29-28-19)17-8-14(7-15(9-17)21(32)33)18-6-3-13(10-27-18)20(26)31;/h1-11H,(H2,26,31)(H,32,33);/q;+1/p-1. The number of primary amides is 1. The molecule has 1 amide bonds. The third kappa shape index (κ3) is 5.33. The molecule has 12 heteroatoms. The molecule has 0 aliphatic carbocycles. The van der Waals surface area contributed by atoms with Crippen molar-refractivity contribution in [3.63, 3.8) is 0 Å². The zero-order valence-electron chi connectivity index (χ0n) is 17.6. The predicted molar refractivity (Wildman–Crippen MR) is 108 cm³/mol. The molecule has 2 N–H and O–H groups in total. The van der Waals surface area contributed by atoms with E-state index in [4.69, 9.17) is 5.73 Å². The van der Waals surface area contributed by atoms with Crippen LogP contribution in [0.2, 0.25) is 0 Å². The number of aromatic nitrogens is 4. The average molecular weight is 475 g/mol. The van der Waals surface area contributed by atoms with E-state index in [1.54, 1.807) is 6.07 Å². The van der Waals surface area contributed by atoms with Crippen LogP contribution in [0.25, 0.3) is 28.2 Å². The quantitative estimate of drug-likeness (QED) is 0.387. The zero-order valence-corrected chi connectivity index (χ0v) is 19.6. The summed E-state index contributed by atoms with van der Waals surface area (Å²) >= 11 is 0. The Morgan fingerprint density at radius 3 is 2.18 bits per heavy atom. The summed E-state index contributed by atoms with van der Waals surface area (Å²) < 4.78 is 39.6. The smallest absolute Gasteiger partial charge is 0.545 e. The summed E-state index contributed by atoms with van der Waals surface area (Å²) in [4.78, 5) is 26.9. The number of hydrogen-bond donors (Lipinski definition) is 1. The van der Waals surface area contributed by atoms with Crippen molar-refractivity contribution in [1.29, 1.82) is 0 Å². The number of nitrogens with zero attached hydrogens (tertiary/aromatic N) is 4. The van der Waals surface area contributed by atoms with E-state index in [1.807, 2.05) is 0 Å². The van der Waals surface area contributed by atoms with Gasteiger partial charge in [0.2, 0.25) is 5.91 Å². The van der Waals surface area contributed by atoms with E-state index >= 15 is 0 Å². The van der Waals surface area contributed by atoms with Gasteiger partial charge in [-0.05, 0) is 48.0 Å². The molecule has 0 radical (unpaired) electrons. The number of hydrogen-bond acceptors (Lipinski definition) is 6. The van der Waals surface area contributed by atoms with Gasteiger partial charge >= 0.3 is 35.7 Å². The summed E-state index contributed by atoms with van der Waals surface area (Å²) in [5, 5.41) is 19.4. The second-order valence-corrected chi connectivity index (χ2v) is 6.98. The predicted octanol–water partition coefficient (Wildman–Crippen LogP) is -0.519. The first-order valence-electron chi connectivity index (χ1n) is 9.35. The van der Waals surface area contributed by atoms with Crippen LogP contribution in [0.4, 0.5) is 13.2 Å². The molecule has 2 aromatic carbocycles. The second kappa shape index (κ2) is 9.75. The van der Waals surface area contributed by atoms with Crippen molar-refractivity contribution in [2.75, 3.05) is 0 Å². The van der Waals surface area contributed by atoms with Gasteiger partial charge in [0.1, 0.15) is 5.69 Å². The summed E-state index contributed by atoms with van der Waals surface area (Å²) in [6, 6.07) is 11.6. The van der Waals surface area contributed by atoms with E-state index in [1.165, 1.54) is 53.5 Å². The maximum Gasteiger partial charge on any atom is 1.00 e. The SMILES string of the molecule is NC(=O)c1ccc(-c2cc(C(=O)[O-])cc(-n3cc(-c4ccc(C(F)(F)F)cc4)nn3)c2)nc1.[Na+]. The summed E-state index contributed by atoms with van der Waals surface area (Å²) in [5.41, 5.74) is 6.20. The molecular formula is C22H13F3N5NaO3. The fourth-order valence-electron chi connectivity index (χ4n) is 3.07. The number of carboxylic acids is 1. The minimum absolute atomic E-state index is 0. The third-order valence-corrected chi connectivity index (χ3v) is 4.76. The molecule has 2 heterocycles. The molecule has 8 nitrogen and oxygen atoms in total. The monoisotopic (exact) mass is 475 g/mol. The van der Waals surface area contributed by atoms with Gasteiger partial charge in [0, 0.05) is 17.3 Å². The molecule has 0 saturated heterocycles. The van der Waals surface area contributed by atoms with Crippen LogP contribution >= 0.6 is 0 Å². The normalized spacial score (nSPS) is 11.0. The van der Waals surface area contributed by atoms with Gasteiger partial charge in [-0.2, -0.15) is 13.2 Å². The largest absolute Gasteiger partial charge is 1.00 e.